The first-order valence-electron chi connectivity index (χ1n) is 6.77. The molecule has 0 saturated heterocycles. The highest BCUT2D eigenvalue weighted by Crippen LogP contribution is 2.36. The van der Waals surface area contributed by atoms with Crippen molar-refractivity contribution < 1.29 is 13.5 Å². The summed E-state index contributed by atoms with van der Waals surface area (Å²) in [4.78, 5) is 0.237. The van der Waals surface area contributed by atoms with Crippen molar-refractivity contribution in [3.63, 3.8) is 0 Å². The van der Waals surface area contributed by atoms with Crippen LogP contribution in [0.4, 0.5) is 0 Å². The average molecular weight is 286 g/mol. The Morgan fingerprint density at radius 1 is 1.53 bits per heavy atom. The molecular formula is C13H22N2O3S. The van der Waals surface area contributed by atoms with Crippen LogP contribution in [-0.4, -0.2) is 24.6 Å². The maximum Gasteiger partial charge on any atom is 0.242 e. The molecule has 0 aromatic carbocycles. The number of hydrogen-bond acceptors (Lipinski definition) is 3. The van der Waals surface area contributed by atoms with Crippen molar-refractivity contribution in [2.45, 2.75) is 44.7 Å². The lowest BCUT2D eigenvalue weighted by Crippen LogP contribution is -2.28. The van der Waals surface area contributed by atoms with Gasteiger partial charge in [0.2, 0.25) is 10.0 Å². The minimum absolute atomic E-state index is 0.151. The Balaban J connectivity index is 2.07. The Bertz CT molecular complexity index is 511. The third-order valence-corrected chi connectivity index (χ3v) is 5.19. The summed E-state index contributed by atoms with van der Waals surface area (Å²) in [5.41, 5.74) is 0.623. The standard InChI is InChI=1S/C13H22N2O3S/c1-3-15-8-13(6-12(15)9-16)19(17,18)14-7-10(2)11-4-5-11/h6,8,10-11,14,16H,3-5,7,9H2,1-2H3. The van der Waals surface area contributed by atoms with E-state index in [0.29, 0.717) is 30.6 Å². The Morgan fingerprint density at radius 3 is 2.68 bits per heavy atom. The molecule has 0 spiro atoms. The zero-order valence-corrected chi connectivity index (χ0v) is 12.3. The smallest absolute Gasteiger partial charge is 0.242 e. The molecule has 108 valence electrons. The number of aliphatic hydroxyl groups is 1. The van der Waals surface area contributed by atoms with Crippen molar-refractivity contribution in [1.29, 1.82) is 0 Å². The quantitative estimate of drug-likeness (QED) is 0.794. The summed E-state index contributed by atoms with van der Waals surface area (Å²) < 4.78 is 28.8. The van der Waals surface area contributed by atoms with Crippen LogP contribution in [-0.2, 0) is 23.2 Å². The van der Waals surface area contributed by atoms with E-state index in [-0.39, 0.29) is 11.5 Å². The van der Waals surface area contributed by atoms with E-state index < -0.39 is 10.0 Å². The van der Waals surface area contributed by atoms with E-state index in [9.17, 15) is 13.5 Å². The van der Waals surface area contributed by atoms with E-state index in [2.05, 4.69) is 11.6 Å². The molecule has 0 radical (unpaired) electrons. The number of aromatic nitrogens is 1. The molecule has 1 aromatic heterocycles. The fourth-order valence-electron chi connectivity index (χ4n) is 2.26. The van der Waals surface area contributed by atoms with Gasteiger partial charge in [0.25, 0.3) is 0 Å². The Kier molecular flexibility index (Phi) is 4.32. The van der Waals surface area contributed by atoms with Crippen LogP contribution < -0.4 is 4.72 Å². The predicted molar refractivity (Wildman–Crippen MR) is 73.1 cm³/mol. The minimum Gasteiger partial charge on any atom is -0.390 e. The third kappa shape index (κ3) is 3.38. The van der Waals surface area contributed by atoms with Gasteiger partial charge in [-0.1, -0.05) is 6.92 Å². The maximum atomic E-state index is 12.2. The Hall–Kier alpha value is -0.850. The molecular weight excluding hydrogens is 264 g/mol. The number of hydrogen-bond donors (Lipinski definition) is 2. The van der Waals surface area contributed by atoms with Crippen molar-refractivity contribution in [3.05, 3.63) is 18.0 Å². The van der Waals surface area contributed by atoms with E-state index in [4.69, 9.17) is 0 Å². The molecule has 0 bridgehead atoms. The predicted octanol–water partition coefficient (Wildman–Crippen LogP) is 1.32. The average Bonchev–Trinajstić information content (AvgIpc) is 3.14. The monoisotopic (exact) mass is 286 g/mol. The molecule has 0 aliphatic heterocycles. The second kappa shape index (κ2) is 5.64. The van der Waals surface area contributed by atoms with Gasteiger partial charge in [0.15, 0.2) is 0 Å². The van der Waals surface area contributed by atoms with Gasteiger partial charge in [0.1, 0.15) is 0 Å². The van der Waals surface area contributed by atoms with E-state index in [1.54, 1.807) is 10.8 Å². The van der Waals surface area contributed by atoms with Crippen LogP contribution in [0.1, 0.15) is 32.4 Å². The largest absolute Gasteiger partial charge is 0.390 e. The number of rotatable bonds is 7. The molecule has 2 N–H and O–H groups in total. The van der Waals surface area contributed by atoms with Gasteiger partial charge in [-0.05, 0) is 37.7 Å². The molecule has 1 unspecified atom stereocenters. The number of nitrogens with zero attached hydrogens (tertiary/aromatic N) is 1. The Labute approximate surface area is 114 Å². The lowest BCUT2D eigenvalue weighted by molar-refractivity contribution is 0.271. The molecule has 1 aliphatic carbocycles. The van der Waals surface area contributed by atoms with E-state index in [0.717, 1.165) is 0 Å². The summed E-state index contributed by atoms with van der Waals surface area (Å²) in [6.45, 7) is 4.97. The lowest BCUT2D eigenvalue weighted by Gasteiger charge is -2.10. The van der Waals surface area contributed by atoms with Crippen molar-refractivity contribution in [2.75, 3.05) is 6.54 Å². The minimum atomic E-state index is -3.46. The molecule has 1 atom stereocenters. The van der Waals surface area contributed by atoms with Gasteiger partial charge in [0, 0.05) is 25.0 Å². The summed E-state index contributed by atoms with van der Waals surface area (Å²) in [6, 6.07) is 1.54. The van der Waals surface area contributed by atoms with Crippen LogP contribution in [0.2, 0.25) is 0 Å². The summed E-state index contributed by atoms with van der Waals surface area (Å²) >= 11 is 0. The van der Waals surface area contributed by atoms with Crippen molar-refractivity contribution in [1.82, 2.24) is 9.29 Å². The molecule has 19 heavy (non-hydrogen) atoms. The fourth-order valence-corrected chi connectivity index (χ4v) is 3.46. The van der Waals surface area contributed by atoms with E-state index in [1.165, 1.54) is 18.9 Å². The SMILES string of the molecule is CCn1cc(S(=O)(=O)NCC(C)C2CC2)cc1CO. The number of nitrogens with one attached hydrogen (secondary N) is 1. The summed E-state index contributed by atoms with van der Waals surface area (Å²) in [6.07, 6.45) is 4.00. The van der Waals surface area contributed by atoms with Gasteiger partial charge >= 0.3 is 0 Å². The van der Waals surface area contributed by atoms with Crippen LogP contribution in [0, 0.1) is 11.8 Å². The molecule has 1 heterocycles. The van der Waals surface area contributed by atoms with Gasteiger partial charge in [-0.3, -0.25) is 0 Å². The topological polar surface area (TPSA) is 71.3 Å². The third-order valence-electron chi connectivity index (χ3n) is 3.80. The van der Waals surface area contributed by atoms with Gasteiger partial charge in [-0.2, -0.15) is 0 Å². The molecule has 1 saturated carbocycles. The van der Waals surface area contributed by atoms with Crippen LogP contribution >= 0.6 is 0 Å². The molecule has 2 rings (SSSR count). The van der Waals surface area contributed by atoms with Gasteiger partial charge in [-0.25, -0.2) is 13.1 Å². The van der Waals surface area contributed by atoms with Crippen LogP contribution in [0.5, 0.6) is 0 Å². The molecule has 5 nitrogen and oxygen atoms in total. The number of sulfonamides is 1. The van der Waals surface area contributed by atoms with Gasteiger partial charge < -0.3 is 9.67 Å². The highest BCUT2D eigenvalue weighted by atomic mass is 32.2. The second-order valence-electron chi connectivity index (χ2n) is 5.28. The molecule has 6 heteroatoms. The summed E-state index contributed by atoms with van der Waals surface area (Å²) in [7, 11) is -3.46. The van der Waals surface area contributed by atoms with Crippen molar-refractivity contribution in [3.8, 4) is 0 Å². The summed E-state index contributed by atoms with van der Waals surface area (Å²) in [5, 5.41) is 9.19. The zero-order valence-electron chi connectivity index (χ0n) is 11.5. The second-order valence-corrected chi connectivity index (χ2v) is 7.04. The highest BCUT2D eigenvalue weighted by Gasteiger charge is 2.29. The van der Waals surface area contributed by atoms with E-state index in [1.807, 2.05) is 6.92 Å². The normalized spacial score (nSPS) is 17.6. The van der Waals surface area contributed by atoms with E-state index >= 15 is 0 Å². The maximum absolute atomic E-state index is 12.2. The number of aliphatic hydroxyl groups excluding tert-OH is 1. The first kappa shape index (κ1) is 14.6. The van der Waals surface area contributed by atoms with Crippen molar-refractivity contribution >= 4 is 10.0 Å². The van der Waals surface area contributed by atoms with Crippen LogP contribution in [0.3, 0.4) is 0 Å². The molecule has 1 aliphatic rings. The molecule has 0 amide bonds. The first-order valence-corrected chi connectivity index (χ1v) is 8.25. The van der Waals surface area contributed by atoms with Crippen LogP contribution in [0.25, 0.3) is 0 Å². The van der Waals surface area contributed by atoms with Gasteiger partial charge in [-0.15, -0.1) is 0 Å². The molecule has 1 aromatic rings. The van der Waals surface area contributed by atoms with Crippen LogP contribution in [0.15, 0.2) is 17.2 Å². The Morgan fingerprint density at radius 2 is 2.21 bits per heavy atom. The highest BCUT2D eigenvalue weighted by molar-refractivity contribution is 7.89. The first-order chi connectivity index (χ1) is 8.97. The van der Waals surface area contributed by atoms with Gasteiger partial charge in [0.05, 0.1) is 11.5 Å². The summed E-state index contributed by atoms with van der Waals surface area (Å²) in [5.74, 6) is 1.07. The lowest BCUT2D eigenvalue weighted by atomic mass is 10.1. The fraction of sp³-hybridized carbons (Fsp3) is 0.692. The molecule has 1 fully saturated rings. The zero-order chi connectivity index (χ0) is 14.0. The number of aryl methyl sites for hydroxylation is 1. The van der Waals surface area contributed by atoms with Crippen molar-refractivity contribution in [2.24, 2.45) is 11.8 Å².